The van der Waals surface area contributed by atoms with Crippen LogP contribution in [0, 0.1) is 0 Å². The third kappa shape index (κ3) is 10.3. The Morgan fingerprint density at radius 2 is 0.721 bits per heavy atom. The molecule has 1 aliphatic heterocycles. The van der Waals surface area contributed by atoms with Gasteiger partial charge in [0.05, 0.1) is 0 Å². The van der Waals surface area contributed by atoms with E-state index in [1.807, 2.05) is 0 Å². The van der Waals surface area contributed by atoms with Crippen molar-refractivity contribution in [1.82, 2.24) is 0 Å². The van der Waals surface area contributed by atoms with Crippen molar-refractivity contribution in [2.75, 3.05) is 0 Å². The summed E-state index contributed by atoms with van der Waals surface area (Å²) in [5, 5.41) is 30.8. The standard InChI is InChI=1S/C48H96O2S2Si8.Ti/c1-47(2,3)39-31-37(45(49)43(33-39)59(53(7,8)9,54(10,11)12)55(13,14)15)35-51-41-29-27-25-26-28-30-42(41)52-36-38-32-40(48(4,5)6)34-44(46(38)50)60(56(16,17)18,57(19,20)21)58(22,23)24;/h31-34,41-42,49-50H,25-30,35-36H2,1-24H3;/t41-,42?;/m0./s1. The maximum atomic E-state index is 13.1. The van der Waals surface area contributed by atoms with Gasteiger partial charge in [-0.1, -0.05) is 0 Å². The first-order valence-corrected chi connectivity index (χ1v) is 61.8. The van der Waals surface area contributed by atoms with Crippen molar-refractivity contribution in [2.45, 2.75) is 231 Å². The van der Waals surface area contributed by atoms with Gasteiger partial charge in [0.15, 0.2) is 0 Å². The maximum absolute atomic E-state index is 13.1. The van der Waals surface area contributed by atoms with E-state index in [2.05, 4.69) is 184 Å². The molecule has 1 fully saturated rings. The molecule has 0 radical (unpaired) electrons. The normalized spacial score (nSPS) is 22.0. The van der Waals surface area contributed by atoms with Crippen molar-refractivity contribution in [3.05, 3.63) is 46.5 Å². The number of hydrogen-bond donors (Lipinski definition) is 2. The van der Waals surface area contributed by atoms with Crippen LogP contribution in [0.25, 0.3) is 0 Å². The fraction of sp³-hybridized carbons (Fsp3) is 0.750. The Hall–Kier alpha value is 1.19. The van der Waals surface area contributed by atoms with Gasteiger partial charge in [-0.25, -0.2) is 0 Å². The van der Waals surface area contributed by atoms with Gasteiger partial charge in [0.2, 0.25) is 0 Å². The van der Waals surface area contributed by atoms with Crippen molar-refractivity contribution < 1.29 is 25.7 Å². The van der Waals surface area contributed by atoms with Gasteiger partial charge in [0.1, 0.15) is 0 Å². The topological polar surface area (TPSA) is 40.5 Å². The van der Waals surface area contributed by atoms with E-state index in [0.717, 1.165) is 33.5 Å². The zero-order chi connectivity index (χ0) is 47.1. The van der Waals surface area contributed by atoms with E-state index >= 15 is 0 Å². The Morgan fingerprint density at radius 3 is 0.951 bits per heavy atom. The van der Waals surface area contributed by atoms with Gasteiger partial charge in [-0.2, -0.15) is 0 Å². The second kappa shape index (κ2) is 18.3. The summed E-state index contributed by atoms with van der Waals surface area (Å²) in [6.07, 6.45) is 8.26. The zero-order valence-corrected chi connectivity index (χ0v) is 55.5. The fourth-order valence-electron chi connectivity index (χ4n) is 15.2. The molecule has 0 amide bonds. The van der Waals surface area contributed by atoms with E-state index in [9.17, 15) is 10.2 Å². The first-order chi connectivity index (χ1) is 27.2. The molecule has 13 heteroatoms. The Kier molecular flexibility index (Phi) is 16.4. The van der Waals surface area contributed by atoms with Crippen molar-refractivity contribution in [1.29, 1.82) is 0 Å². The van der Waals surface area contributed by atoms with E-state index in [0.29, 0.717) is 15.9 Å². The van der Waals surface area contributed by atoms with Gasteiger partial charge in [-0.05, 0) is 0 Å². The fourth-order valence-corrected chi connectivity index (χ4v) is 236. The summed E-state index contributed by atoms with van der Waals surface area (Å²) in [6.45, 7) is 58.8. The molecule has 3 unspecified atom stereocenters. The molecule has 4 atom stereocenters. The van der Waals surface area contributed by atoms with Crippen LogP contribution in [-0.4, -0.2) is 79.5 Å². The van der Waals surface area contributed by atoms with Gasteiger partial charge < -0.3 is 0 Å². The van der Waals surface area contributed by atoms with Crippen LogP contribution in [0.1, 0.15) is 102 Å². The quantitative estimate of drug-likeness (QED) is 0.208. The first-order valence-electron chi connectivity index (χ1n) is 24.1. The van der Waals surface area contributed by atoms with E-state index in [4.69, 9.17) is 0 Å². The molecule has 2 aromatic rings. The number of fused-ring (bicyclic) bond motifs is 1. The molecule has 0 aromatic heterocycles. The summed E-state index contributed by atoms with van der Waals surface area (Å²) in [5.74, 6) is 3.70. The van der Waals surface area contributed by atoms with Crippen molar-refractivity contribution >= 4 is 85.1 Å². The summed E-state index contributed by atoms with van der Waals surface area (Å²) in [7, 11) is -9.57. The number of aromatic hydroxyl groups is 2. The summed E-state index contributed by atoms with van der Waals surface area (Å²) >= 11 is -0.321. The number of benzene rings is 2. The van der Waals surface area contributed by atoms with Crippen LogP contribution in [0.15, 0.2) is 24.3 Å². The number of phenolic OH excluding ortho intramolecular Hbond substituents is 2. The van der Waals surface area contributed by atoms with Gasteiger partial charge in [-0.3, -0.25) is 0 Å². The summed E-state index contributed by atoms with van der Waals surface area (Å²) in [5.41, 5.74) is 5.65. The second-order valence-corrected chi connectivity index (χ2v) is 120. The van der Waals surface area contributed by atoms with Crippen LogP contribution in [0.2, 0.25) is 118 Å². The molecule has 0 spiro atoms. The molecule has 1 heterocycles. The van der Waals surface area contributed by atoms with Crippen molar-refractivity contribution in [3.63, 3.8) is 0 Å². The molecule has 0 bridgehead atoms. The van der Waals surface area contributed by atoms with Gasteiger partial charge in [0, 0.05) is 0 Å². The molecule has 4 rings (SSSR count). The van der Waals surface area contributed by atoms with E-state index < -0.39 is 58.8 Å². The predicted octanol–water partition coefficient (Wildman–Crippen LogP) is 14.8. The van der Waals surface area contributed by atoms with Crippen LogP contribution >= 0.6 is 15.9 Å². The third-order valence-corrected chi connectivity index (χ3v) is 174. The van der Waals surface area contributed by atoms with Crippen LogP contribution in [0.4, 0.5) is 0 Å². The van der Waals surface area contributed by atoms with Crippen LogP contribution in [-0.2, 0) is 37.8 Å². The molecule has 1 aliphatic carbocycles. The molecule has 2 aromatic carbocycles. The molecule has 348 valence electrons. The predicted molar refractivity (Wildman–Crippen MR) is 302 cm³/mol. The van der Waals surface area contributed by atoms with Crippen molar-refractivity contribution in [3.8, 4) is 11.5 Å². The van der Waals surface area contributed by atoms with Gasteiger partial charge >= 0.3 is 400 Å². The van der Waals surface area contributed by atoms with Gasteiger partial charge in [-0.15, -0.1) is 0 Å². The molecular weight excluding hydrogens is 945 g/mol. The average molecular weight is 1040 g/mol. The molecule has 61 heavy (non-hydrogen) atoms. The Balaban J connectivity index is 2.10. The summed E-state index contributed by atoms with van der Waals surface area (Å²) in [4.78, 5) is 0. The molecule has 2 nitrogen and oxygen atoms in total. The molecule has 2 N–H and O–H groups in total. The molecular formula is C48H96O2S2Si8Ti. The van der Waals surface area contributed by atoms with Gasteiger partial charge in [0.25, 0.3) is 0 Å². The molecule has 0 saturated heterocycles. The monoisotopic (exact) mass is 1040 g/mol. The Labute approximate surface area is 395 Å². The number of rotatable bonds is 12. The Morgan fingerprint density at radius 1 is 0.459 bits per heavy atom. The Bertz CT molecular complexity index is 1810. The first kappa shape index (κ1) is 54.8. The summed E-state index contributed by atoms with van der Waals surface area (Å²) < 4.78 is 0. The second-order valence-electron chi connectivity index (χ2n) is 27.9. The van der Waals surface area contributed by atoms with Crippen LogP contribution < -0.4 is 10.4 Å². The van der Waals surface area contributed by atoms with Crippen LogP contribution in [0.5, 0.6) is 11.5 Å². The third-order valence-electron chi connectivity index (χ3n) is 15.4. The van der Waals surface area contributed by atoms with E-state index in [-0.39, 0.29) is 26.3 Å². The molecule has 2 aliphatic rings. The van der Waals surface area contributed by atoms with Crippen molar-refractivity contribution in [2.24, 2.45) is 0 Å². The minimum atomic E-state index is -2.06. The SMILES string of the molecule is CC(C)(C)c1cc(C[S]2=[Ti]=[S](Cc3cc(C(C)(C)C)cc([Si]([Si](C)(C)C)([Si](C)(C)C)[Si](C)(C)C)c3O)[C@H]3CCCCCCC32)c(O)c([Si]([Si](C)(C)C)([Si](C)(C)C)[Si](C)(C)C)c1. The molecule has 1 saturated carbocycles. The minimum absolute atomic E-state index is 0.0331. The summed E-state index contributed by atoms with van der Waals surface area (Å²) in [6, 6.07) is 10.2. The number of hydrogen-bond acceptors (Lipinski definition) is 2. The average Bonchev–Trinajstić information content (AvgIpc) is 3.29. The van der Waals surface area contributed by atoms with E-state index in [1.165, 1.54) is 71.2 Å². The zero-order valence-electron chi connectivity index (χ0n) is 44.3. The van der Waals surface area contributed by atoms with Crippen LogP contribution in [0.3, 0.4) is 0 Å². The van der Waals surface area contributed by atoms with E-state index in [1.54, 1.807) is 0 Å². The number of phenols is 2.